The van der Waals surface area contributed by atoms with Gasteiger partial charge in [-0.2, -0.15) is 12.1 Å². The van der Waals surface area contributed by atoms with Crippen molar-refractivity contribution < 1.29 is 67.0 Å². The summed E-state index contributed by atoms with van der Waals surface area (Å²) in [6.07, 6.45) is 12.6. The molecule has 0 amide bonds. The molecular weight excluding hydrogens is 376 g/mol. The van der Waals surface area contributed by atoms with E-state index in [2.05, 4.69) is 13.0 Å². The second-order valence-electron chi connectivity index (χ2n) is 7.97. The van der Waals surface area contributed by atoms with E-state index in [4.69, 9.17) is 0 Å². The fourth-order valence-corrected chi connectivity index (χ4v) is 4.75. The Morgan fingerprint density at radius 3 is 2.17 bits per heavy atom. The van der Waals surface area contributed by atoms with E-state index in [9.17, 15) is 8.78 Å². The van der Waals surface area contributed by atoms with Crippen LogP contribution in [0.25, 0.3) is 0 Å². The Hall–Kier alpha value is 0.885. The zero-order valence-corrected chi connectivity index (χ0v) is 20.2. The first-order chi connectivity index (χ1) is 11.1. The van der Waals surface area contributed by atoms with E-state index in [-0.39, 0.29) is 58.2 Å². The molecular formula is C21H29F2Rb. The fourth-order valence-electron chi connectivity index (χ4n) is 4.75. The molecule has 2 fully saturated rings. The smallest absolute Gasteiger partial charge is 0.281 e. The summed E-state index contributed by atoms with van der Waals surface area (Å²) >= 11 is 0. The van der Waals surface area contributed by atoms with Gasteiger partial charge in [0.1, 0.15) is 0 Å². The van der Waals surface area contributed by atoms with Crippen molar-refractivity contribution in [2.45, 2.75) is 71.1 Å². The van der Waals surface area contributed by atoms with E-state index in [1.807, 2.05) is 0 Å². The summed E-state index contributed by atoms with van der Waals surface area (Å²) in [5, 5.41) is 0. The van der Waals surface area contributed by atoms with Crippen molar-refractivity contribution in [1.82, 2.24) is 0 Å². The molecule has 0 aromatic heterocycles. The van der Waals surface area contributed by atoms with Gasteiger partial charge in [-0.05, 0) is 62.2 Å². The number of rotatable bonds is 4. The minimum Gasteiger partial charge on any atom is -0.281 e. The van der Waals surface area contributed by atoms with Crippen LogP contribution in [0.2, 0.25) is 0 Å². The standard InChI is InChI=1S/C21H29F2.Rb/c1-15-5-10-17(11-6-15)18-12-7-16(8-13-18)9-14-19-3-2-4-20(22)21(19)23;/h2-3,15-18H,5-14H2,1H3;/q-1;+1. The van der Waals surface area contributed by atoms with Gasteiger partial charge in [-0.1, -0.05) is 32.6 Å². The zero-order chi connectivity index (χ0) is 16.2. The summed E-state index contributed by atoms with van der Waals surface area (Å²) in [4.78, 5) is 0. The number of halogens is 2. The molecule has 0 aliphatic heterocycles. The van der Waals surface area contributed by atoms with Gasteiger partial charge in [-0.3, -0.25) is 4.39 Å². The van der Waals surface area contributed by atoms with Gasteiger partial charge in [0.15, 0.2) is 0 Å². The van der Waals surface area contributed by atoms with Crippen LogP contribution in [0.5, 0.6) is 0 Å². The van der Waals surface area contributed by atoms with E-state index >= 15 is 0 Å². The summed E-state index contributed by atoms with van der Waals surface area (Å²) < 4.78 is 26.9. The summed E-state index contributed by atoms with van der Waals surface area (Å²) in [6, 6.07) is 5.45. The first kappa shape index (κ1) is 21.2. The molecule has 0 atom stereocenters. The van der Waals surface area contributed by atoms with Crippen LogP contribution in [0.1, 0.15) is 70.3 Å². The van der Waals surface area contributed by atoms with Crippen molar-refractivity contribution in [3.05, 3.63) is 35.4 Å². The van der Waals surface area contributed by atoms with Gasteiger partial charge < -0.3 is 0 Å². The van der Waals surface area contributed by atoms with Crippen LogP contribution in [0.3, 0.4) is 0 Å². The monoisotopic (exact) mass is 404 g/mol. The predicted molar refractivity (Wildman–Crippen MR) is 90.1 cm³/mol. The number of aryl methyl sites for hydroxylation is 1. The Labute approximate surface area is 195 Å². The number of benzene rings is 1. The molecule has 2 saturated carbocycles. The molecule has 3 heteroatoms. The Bertz CT molecular complexity index is 501. The summed E-state index contributed by atoms with van der Waals surface area (Å²) in [7, 11) is 0. The minimum absolute atomic E-state index is 0. The van der Waals surface area contributed by atoms with Crippen molar-refractivity contribution in [3.8, 4) is 0 Å². The van der Waals surface area contributed by atoms with Gasteiger partial charge in [0.05, 0.1) is 0 Å². The maximum Gasteiger partial charge on any atom is 1.00 e. The van der Waals surface area contributed by atoms with Gasteiger partial charge >= 0.3 is 58.2 Å². The molecule has 0 heterocycles. The largest absolute Gasteiger partial charge is 1.00 e. The SMILES string of the molecule is CC1CCC(C2CCC(CCc3cc[c-]c(F)c3F)CC2)CC1.[Rb+]. The normalized spacial score (nSPS) is 30.6. The molecule has 1 aromatic rings. The van der Waals surface area contributed by atoms with Crippen LogP contribution >= 0.6 is 0 Å². The van der Waals surface area contributed by atoms with Crippen molar-refractivity contribution in [1.29, 1.82) is 0 Å². The summed E-state index contributed by atoms with van der Waals surface area (Å²) in [6.45, 7) is 2.39. The number of hydrogen-bond acceptors (Lipinski definition) is 0. The molecule has 2 aliphatic rings. The van der Waals surface area contributed by atoms with Crippen LogP contribution < -0.4 is 58.2 Å². The van der Waals surface area contributed by atoms with Crippen molar-refractivity contribution in [3.63, 3.8) is 0 Å². The maximum absolute atomic E-state index is 13.7. The van der Waals surface area contributed by atoms with E-state index in [0.717, 1.165) is 24.2 Å². The minimum atomic E-state index is -0.835. The summed E-state index contributed by atoms with van der Waals surface area (Å²) in [5.74, 6) is 1.99. The van der Waals surface area contributed by atoms with E-state index < -0.39 is 11.6 Å². The van der Waals surface area contributed by atoms with Crippen LogP contribution in [-0.2, 0) is 6.42 Å². The molecule has 0 N–H and O–H groups in total. The molecule has 0 radical (unpaired) electrons. The first-order valence-electron chi connectivity index (χ1n) is 9.48. The quantitative estimate of drug-likeness (QED) is 0.675. The second kappa shape index (κ2) is 10.3. The second-order valence-corrected chi connectivity index (χ2v) is 7.97. The average molecular weight is 405 g/mol. The molecule has 24 heavy (non-hydrogen) atoms. The Kier molecular flexibility index (Phi) is 9.07. The Morgan fingerprint density at radius 1 is 0.958 bits per heavy atom. The Morgan fingerprint density at radius 2 is 1.54 bits per heavy atom. The third-order valence-electron chi connectivity index (χ3n) is 6.41. The maximum atomic E-state index is 13.7. The van der Waals surface area contributed by atoms with E-state index in [1.54, 1.807) is 6.07 Å². The van der Waals surface area contributed by atoms with Crippen LogP contribution in [0, 0.1) is 41.4 Å². The van der Waals surface area contributed by atoms with E-state index in [0.29, 0.717) is 17.9 Å². The molecule has 0 bridgehead atoms. The van der Waals surface area contributed by atoms with Crippen molar-refractivity contribution in [2.24, 2.45) is 23.7 Å². The van der Waals surface area contributed by atoms with Crippen LogP contribution in [-0.4, -0.2) is 0 Å². The summed E-state index contributed by atoms with van der Waals surface area (Å²) in [5.41, 5.74) is 0.518. The zero-order valence-electron chi connectivity index (χ0n) is 15.3. The van der Waals surface area contributed by atoms with Gasteiger partial charge in [-0.15, -0.1) is 11.6 Å². The molecule has 0 nitrogen and oxygen atoms in total. The van der Waals surface area contributed by atoms with E-state index in [1.165, 1.54) is 57.4 Å². The van der Waals surface area contributed by atoms with Gasteiger partial charge in [-0.25, -0.2) is 4.39 Å². The molecule has 3 rings (SSSR count). The van der Waals surface area contributed by atoms with Crippen molar-refractivity contribution >= 4 is 0 Å². The third kappa shape index (κ3) is 5.69. The topological polar surface area (TPSA) is 0 Å². The third-order valence-corrected chi connectivity index (χ3v) is 6.41. The Balaban J connectivity index is 0.00000208. The average Bonchev–Trinajstić information content (AvgIpc) is 2.57. The first-order valence-corrected chi connectivity index (χ1v) is 9.48. The molecule has 0 spiro atoms. The molecule has 0 unspecified atom stereocenters. The van der Waals surface area contributed by atoms with Gasteiger partial charge in [0.2, 0.25) is 0 Å². The van der Waals surface area contributed by atoms with Crippen LogP contribution in [0.4, 0.5) is 8.78 Å². The van der Waals surface area contributed by atoms with Crippen molar-refractivity contribution in [2.75, 3.05) is 0 Å². The van der Waals surface area contributed by atoms with Crippen LogP contribution in [0.15, 0.2) is 12.1 Å². The molecule has 0 saturated heterocycles. The molecule has 2 aliphatic carbocycles. The molecule has 1 aromatic carbocycles. The van der Waals surface area contributed by atoms with Gasteiger partial charge in [0.25, 0.3) is 0 Å². The fraction of sp³-hybridized carbons (Fsp3) is 0.714. The number of hydrogen-bond donors (Lipinski definition) is 0. The van der Waals surface area contributed by atoms with Gasteiger partial charge in [0, 0.05) is 11.6 Å². The molecule has 128 valence electrons. The predicted octanol–water partition coefficient (Wildman–Crippen LogP) is 3.33.